The van der Waals surface area contributed by atoms with Crippen LogP contribution in [0.1, 0.15) is 5.56 Å². The van der Waals surface area contributed by atoms with Crippen LogP contribution in [0.3, 0.4) is 0 Å². The fraction of sp³-hybridized carbons (Fsp3) is 0.133. The summed E-state index contributed by atoms with van der Waals surface area (Å²) < 4.78 is 1.96. The van der Waals surface area contributed by atoms with E-state index < -0.39 is 0 Å². The molecule has 0 fully saturated rings. The van der Waals surface area contributed by atoms with Crippen LogP contribution < -0.4 is 0 Å². The molecular formula is C15H13ClN4S. The third-order valence-corrected chi connectivity index (χ3v) is 4.31. The first-order chi connectivity index (χ1) is 10.2. The highest BCUT2D eigenvalue weighted by Gasteiger charge is 2.11. The molecule has 0 saturated heterocycles. The summed E-state index contributed by atoms with van der Waals surface area (Å²) in [5.41, 5.74) is 1.98. The van der Waals surface area contributed by atoms with Gasteiger partial charge in [0.2, 0.25) is 0 Å². The van der Waals surface area contributed by atoms with E-state index in [9.17, 15) is 0 Å². The van der Waals surface area contributed by atoms with E-state index >= 15 is 0 Å². The molecule has 0 N–H and O–H groups in total. The third-order valence-electron chi connectivity index (χ3n) is 2.99. The molecule has 4 nitrogen and oxygen atoms in total. The number of hydrogen-bond donors (Lipinski definition) is 0. The number of hydrogen-bond acceptors (Lipinski definition) is 4. The van der Waals surface area contributed by atoms with Gasteiger partial charge in [0.25, 0.3) is 0 Å². The van der Waals surface area contributed by atoms with Crippen LogP contribution in [-0.4, -0.2) is 19.7 Å². The predicted octanol–water partition coefficient (Wildman–Crippen LogP) is 3.82. The van der Waals surface area contributed by atoms with Crippen molar-refractivity contribution in [2.45, 2.75) is 10.9 Å². The Morgan fingerprint density at radius 1 is 1.14 bits per heavy atom. The van der Waals surface area contributed by atoms with Crippen molar-refractivity contribution in [2.75, 3.05) is 0 Å². The van der Waals surface area contributed by atoms with Crippen LogP contribution in [0, 0.1) is 0 Å². The summed E-state index contributed by atoms with van der Waals surface area (Å²) >= 11 is 7.62. The number of nitrogens with zero attached hydrogens (tertiary/aromatic N) is 4. The average Bonchev–Trinajstić information content (AvgIpc) is 2.87. The molecule has 3 aromatic rings. The van der Waals surface area contributed by atoms with Gasteiger partial charge < -0.3 is 4.57 Å². The fourth-order valence-electron chi connectivity index (χ4n) is 1.93. The monoisotopic (exact) mass is 316 g/mol. The van der Waals surface area contributed by atoms with Crippen molar-refractivity contribution in [1.82, 2.24) is 19.7 Å². The summed E-state index contributed by atoms with van der Waals surface area (Å²) in [4.78, 5) is 4.30. The summed E-state index contributed by atoms with van der Waals surface area (Å²) in [7, 11) is 1.95. The second-order valence-electron chi connectivity index (χ2n) is 4.50. The fourth-order valence-corrected chi connectivity index (χ4v) is 3.00. The van der Waals surface area contributed by atoms with Crippen LogP contribution in [0.25, 0.3) is 11.5 Å². The van der Waals surface area contributed by atoms with Gasteiger partial charge in [-0.15, -0.1) is 10.2 Å². The molecule has 0 bridgehead atoms. The molecule has 21 heavy (non-hydrogen) atoms. The van der Waals surface area contributed by atoms with Crippen LogP contribution in [0.15, 0.2) is 53.8 Å². The zero-order valence-electron chi connectivity index (χ0n) is 11.4. The zero-order chi connectivity index (χ0) is 14.7. The minimum Gasteiger partial charge on any atom is -0.304 e. The Labute approximate surface area is 132 Å². The van der Waals surface area contributed by atoms with E-state index in [-0.39, 0.29) is 0 Å². The topological polar surface area (TPSA) is 43.6 Å². The molecule has 2 heterocycles. The lowest BCUT2D eigenvalue weighted by atomic mass is 10.2. The van der Waals surface area contributed by atoms with E-state index in [1.165, 1.54) is 0 Å². The molecule has 1 aromatic carbocycles. The van der Waals surface area contributed by atoms with Crippen LogP contribution in [-0.2, 0) is 12.8 Å². The van der Waals surface area contributed by atoms with Gasteiger partial charge in [-0.05, 0) is 29.8 Å². The van der Waals surface area contributed by atoms with E-state index in [4.69, 9.17) is 11.6 Å². The Kier molecular flexibility index (Phi) is 4.22. The summed E-state index contributed by atoms with van der Waals surface area (Å²) in [6, 6.07) is 13.6. The molecule has 0 radical (unpaired) electrons. The van der Waals surface area contributed by atoms with Gasteiger partial charge in [-0.2, -0.15) is 0 Å². The molecule has 0 aliphatic rings. The smallest absolute Gasteiger partial charge is 0.191 e. The van der Waals surface area contributed by atoms with Gasteiger partial charge in [-0.1, -0.05) is 41.6 Å². The van der Waals surface area contributed by atoms with Crippen LogP contribution in [0.2, 0.25) is 5.02 Å². The lowest BCUT2D eigenvalue weighted by Crippen LogP contribution is -1.96. The molecule has 0 atom stereocenters. The van der Waals surface area contributed by atoms with E-state index in [0.29, 0.717) is 0 Å². The quantitative estimate of drug-likeness (QED) is 0.686. The maximum Gasteiger partial charge on any atom is 0.191 e. The highest BCUT2D eigenvalue weighted by atomic mass is 35.5. The Balaban J connectivity index is 1.77. The SMILES string of the molecule is Cn1c(SCc2cccc(Cl)c2)nnc1-c1ccccn1. The van der Waals surface area contributed by atoms with E-state index in [1.54, 1.807) is 18.0 Å². The van der Waals surface area contributed by atoms with Gasteiger partial charge >= 0.3 is 0 Å². The Bertz CT molecular complexity index is 742. The highest BCUT2D eigenvalue weighted by molar-refractivity contribution is 7.98. The number of pyridine rings is 1. The highest BCUT2D eigenvalue weighted by Crippen LogP contribution is 2.25. The normalized spacial score (nSPS) is 10.8. The van der Waals surface area contributed by atoms with Gasteiger partial charge in [-0.3, -0.25) is 4.98 Å². The lowest BCUT2D eigenvalue weighted by molar-refractivity contribution is 0.792. The maximum absolute atomic E-state index is 5.99. The van der Waals surface area contributed by atoms with E-state index in [0.717, 1.165) is 33.0 Å². The third kappa shape index (κ3) is 3.25. The average molecular weight is 317 g/mol. The van der Waals surface area contributed by atoms with E-state index in [1.807, 2.05) is 48.0 Å². The first kappa shape index (κ1) is 14.1. The molecule has 0 spiro atoms. The molecule has 0 aliphatic heterocycles. The molecule has 106 valence electrons. The second kappa shape index (κ2) is 6.28. The lowest BCUT2D eigenvalue weighted by Gasteiger charge is -2.04. The van der Waals surface area contributed by atoms with Crippen molar-refractivity contribution in [3.63, 3.8) is 0 Å². The molecule has 0 amide bonds. The van der Waals surface area contributed by atoms with Crippen molar-refractivity contribution in [3.05, 3.63) is 59.2 Å². The van der Waals surface area contributed by atoms with Crippen molar-refractivity contribution in [1.29, 1.82) is 0 Å². The second-order valence-corrected chi connectivity index (χ2v) is 5.88. The Morgan fingerprint density at radius 2 is 2.05 bits per heavy atom. The summed E-state index contributed by atoms with van der Waals surface area (Å²) in [6.07, 6.45) is 1.75. The van der Waals surface area contributed by atoms with Crippen LogP contribution >= 0.6 is 23.4 Å². The zero-order valence-corrected chi connectivity index (χ0v) is 13.0. The molecular weight excluding hydrogens is 304 g/mol. The van der Waals surface area contributed by atoms with Crippen molar-refractivity contribution in [3.8, 4) is 11.5 Å². The maximum atomic E-state index is 5.99. The minimum absolute atomic E-state index is 0.750. The number of rotatable bonds is 4. The van der Waals surface area contributed by atoms with Crippen molar-refractivity contribution in [2.24, 2.45) is 7.05 Å². The largest absolute Gasteiger partial charge is 0.304 e. The molecule has 6 heteroatoms. The van der Waals surface area contributed by atoms with Gasteiger partial charge in [-0.25, -0.2) is 0 Å². The van der Waals surface area contributed by atoms with E-state index in [2.05, 4.69) is 21.2 Å². The minimum atomic E-state index is 0.750. The summed E-state index contributed by atoms with van der Waals surface area (Å²) in [6.45, 7) is 0. The summed E-state index contributed by atoms with van der Waals surface area (Å²) in [5, 5.41) is 10.1. The molecule has 3 rings (SSSR count). The molecule has 0 unspecified atom stereocenters. The first-order valence-corrected chi connectivity index (χ1v) is 7.78. The summed E-state index contributed by atoms with van der Waals surface area (Å²) in [5.74, 6) is 1.57. The standard InChI is InChI=1S/C15H13ClN4S/c1-20-14(13-7-2-3-8-17-13)18-19-15(20)21-10-11-5-4-6-12(16)9-11/h2-9H,10H2,1H3. The van der Waals surface area contributed by atoms with Crippen molar-refractivity contribution < 1.29 is 0 Å². The first-order valence-electron chi connectivity index (χ1n) is 6.42. The van der Waals surface area contributed by atoms with Gasteiger partial charge in [0.15, 0.2) is 11.0 Å². The number of aromatic nitrogens is 4. The Hall–Kier alpha value is -1.85. The van der Waals surface area contributed by atoms with Crippen LogP contribution in [0.4, 0.5) is 0 Å². The molecule has 0 aliphatic carbocycles. The number of thioether (sulfide) groups is 1. The van der Waals surface area contributed by atoms with Crippen molar-refractivity contribution >= 4 is 23.4 Å². The van der Waals surface area contributed by atoms with Crippen LogP contribution in [0.5, 0.6) is 0 Å². The molecule has 2 aromatic heterocycles. The number of benzene rings is 1. The Morgan fingerprint density at radius 3 is 2.81 bits per heavy atom. The number of halogens is 1. The van der Waals surface area contributed by atoms with Gasteiger partial charge in [0.05, 0.1) is 0 Å². The van der Waals surface area contributed by atoms with Gasteiger partial charge in [0.1, 0.15) is 5.69 Å². The predicted molar refractivity (Wildman–Crippen MR) is 85.2 cm³/mol. The molecule has 0 saturated carbocycles. The van der Waals surface area contributed by atoms with Gasteiger partial charge in [0, 0.05) is 24.0 Å².